The zero-order chi connectivity index (χ0) is 24.9. The maximum absolute atomic E-state index is 13.0. The molecule has 0 aromatic heterocycles. The molecule has 8 heteroatoms. The monoisotopic (exact) mass is 488 g/mol. The van der Waals surface area contributed by atoms with Gasteiger partial charge in [-0.05, 0) is 74.5 Å². The first-order valence-corrected chi connectivity index (χ1v) is 12.0. The zero-order valence-electron chi connectivity index (χ0n) is 19.3. The number of amides is 3. The van der Waals surface area contributed by atoms with Crippen molar-refractivity contribution in [2.75, 3.05) is 16.8 Å². The van der Waals surface area contributed by atoms with Gasteiger partial charge in [-0.15, -0.1) is 11.8 Å². The smallest absolute Gasteiger partial charge is 0.338 e. The predicted molar refractivity (Wildman–Crippen MR) is 135 cm³/mol. The molecule has 1 aliphatic heterocycles. The fraction of sp³-hybridized carbons (Fsp3) is 0.185. The van der Waals surface area contributed by atoms with Gasteiger partial charge < -0.3 is 10.1 Å². The van der Waals surface area contributed by atoms with Gasteiger partial charge in [0.15, 0.2) is 0 Å². The van der Waals surface area contributed by atoms with E-state index < -0.39 is 11.2 Å². The molecule has 35 heavy (non-hydrogen) atoms. The van der Waals surface area contributed by atoms with E-state index in [9.17, 15) is 19.2 Å². The lowest BCUT2D eigenvalue weighted by Crippen LogP contribution is -2.31. The van der Waals surface area contributed by atoms with Gasteiger partial charge in [0, 0.05) is 22.6 Å². The average Bonchev–Trinajstić information content (AvgIpc) is 3.13. The number of carbonyl (C=O) groups is 4. The third kappa shape index (κ3) is 5.60. The molecule has 1 atom stereocenters. The molecule has 3 aromatic rings. The Bertz CT molecular complexity index is 1270. The molecule has 3 amide bonds. The molecule has 1 N–H and O–H groups in total. The van der Waals surface area contributed by atoms with Crippen LogP contribution in [0.1, 0.15) is 39.6 Å². The van der Waals surface area contributed by atoms with E-state index in [4.69, 9.17) is 4.74 Å². The Morgan fingerprint density at radius 3 is 2.37 bits per heavy atom. The number of ether oxygens (including phenoxy) is 1. The molecular formula is C27H24N2O5S. The number of carbonyl (C=O) groups excluding carboxylic acids is 4. The van der Waals surface area contributed by atoms with E-state index >= 15 is 0 Å². The number of esters is 1. The van der Waals surface area contributed by atoms with Crippen LogP contribution in [-0.4, -0.2) is 35.5 Å². The second-order valence-corrected chi connectivity index (χ2v) is 9.27. The Morgan fingerprint density at radius 1 is 1.00 bits per heavy atom. The summed E-state index contributed by atoms with van der Waals surface area (Å²) < 4.78 is 4.96. The first-order valence-electron chi connectivity index (χ1n) is 11.1. The highest BCUT2D eigenvalue weighted by Crippen LogP contribution is 2.34. The van der Waals surface area contributed by atoms with Gasteiger partial charge in [-0.25, -0.2) is 9.69 Å². The molecule has 7 nitrogen and oxygen atoms in total. The summed E-state index contributed by atoms with van der Waals surface area (Å²) in [4.78, 5) is 51.8. The molecule has 1 aliphatic rings. The number of nitrogens with one attached hydrogen (secondary N) is 1. The van der Waals surface area contributed by atoms with Crippen LogP contribution in [0.25, 0.3) is 0 Å². The largest absolute Gasteiger partial charge is 0.462 e. The number of anilines is 2. The minimum atomic E-state index is -0.556. The molecule has 0 radical (unpaired) electrons. The highest BCUT2D eigenvalue weighted by molar-refractivity contribution is 8.00. The molecule has 3 aromatic carbocycles. The first kappa shape index (κ1) is 24.2. The van der Waals surface area contributed by atoms with Crippen LogP contribution in [0.4, 0.5) is 11.4 Å². The topological polar surface area (TPSA) is 92.8 Å². The number of imide groups is 1. The van der Waals surface area contributed by atoms with Gasteiger partial charge in [0.25, 0.3) is 5.91 Å². The third-order valence-corrected chi connectivity index (χ3v) is 6.61. The minimum Gasteiger partial charge on any atom is -0.462 e. The predicted octanol–water partition coefficient (Wildman–Crippen LogP) is 4.85. The molecule has 1 unspecified atom stereocenters. The van der Waals surface area contributed by atoms with Crippen molar-refractivity contribution in [1.29, 1.82) is 0 Å². The van der Waals surface area contributed by atoms with Crippen molar-refractivity contribution >= 4 is 46.8 Å². The van der Waals surface area contributed by atoms with E-state index in [0.29, 0.717) is 22.5 Å². The molecule has 0 bridgehead atoms. The summed E-state index contributed by atoms with van der Waals surface area (Å²) in [5, 5.41) is 2.31. The van der Waals surface area contributed by atoms with E-state index in [2.05, 4.69) is 5.32 Å². The summed E-state index contributed by atoms with van der Waals surface area (Å²) in [6.07, 6.45) is 0.0783. The highest BCUT2D eigenvalue weighted by Gasteiger charge is 2.40. The lowest BCUT2D eigenvalue weighted by atomic mass is 10.1. The number of hydrogen-bond acceptors (Lipinski definition) is 6. The van der Waals surface area contributed by atoms with E-state index in [1.807, 2.05) is 37.3 Å². The van der Waals surface area contributed by atoms with E-state index in [0.717, 1.165) is 15.4 Å². The number of benzene rings is 3. The summed E-state index contributed by atoms with van der Waals surface area (Å²) >= 11 is 1.30. The number of nitrogens with zero attached hydrogens (tertiary/aromatic N) is 1. The van der Waals surface area contributed by atoms with Crippen molar-refractivity contribution in [3.8, 4) is 0 Å². The number of hydrogen-bond donors (Lipinski definition) is 1. The average molecular weight is 489 g/mol. The van der Waals surface area contributed by atoms with Crippen molar-refractivity contribution < 1.29 is 23.9 Å². The van der Waals surface area contributed by atoms with Crippen LogP contribution in [0.15, 0.2) is 77.7 Å². The van der Waals surface area contributed by atoms with Crippen LogP contribution in [0.5, 0.6) is 0 Å². The lowest BCUT2D eigenvalue weighted by Gasteiger charge is -2.15. The van der Waals surface area contributed by atoms with Crippen molar-refractivity contribution in [1.82, 2.24) is 0 Å². The summed E-state index contributed by atoms with van der Waals surface area (Å²) in [7, 11) is 0. The van der Waals surface area contributed by atoms with Gasteiger partial charge in [0.05, 0.1) is 23.1 Å². The second-order valence-electron chi connectivity index (χ2n) is 7.99. The third-order valence-electron chi connectivity index (χ3n) is 5.41. The first-order chi connectivity index (χ1) is 16.9. The zero-order valence-corrected chi connectivity index (χ0v) is 20.1. The Hall–Kier alpha value is -3.91. The number of aryl methyl sites for hydroxylation is 1. The minimum absolute atomic E-state index is 0.0783. The number of rotatable bonds is 7. The second kappa shape index (κ2) is 10.6. The fourth-order valence-electron chi connectivity index (χ4n) is 3.70. The van der Waals surface area contributed by atoms with E-state index in [1.54, 1.807) is 37.3 Å². The Kier molecular flexibility index (Phi) is 7.31. The highest BCUT2D eigenvalue weighted by atomic mass is 32.2. The van der Waals surface area contributed by atoms with E-state index in [-0.39, 0.29) is 30.7 Å². The molecular weight excluding hydrogens is 464 g/mol. The quantitative estimate of drug-likeness (QED) is 0.378. The normalized spacial score (nSPS) is 15.3. The van der Waals surface area contributed by atoms with Crippen LogP contribution < -0.4 is 10.2 Å². The van der Waals surface area contributed by atoms with Crippen LogP contribution in [-0.2, 0) is 14.3 Å². The van der Waals surface area contributed by atoms with Crippen molar-refractivity contribution in [2.45, 2.75) is 30.4 Å². The molecule has 0 saturated carbocycles. The van der Waals surface area contributed by atoms with Crippen LogP contribution in [0.3, 0.4) is 0 Å². The van der Waals surface area contributed by atoms with Gasteiger partial charge in [-0.2, -0.15) is 0 Å². The van der Waals surface area contributed by atoms with Crippen LogP contribution in [0.2, 0.25) is 0 Å². The molecule has 1 heterocycles. The van der Waals surface area contributed by atoms with Crippen LogP contribution >= 0.6 is 11.8 Å². The van der Waals surface area contributed by atoms with Gasteiger partial charge >= 0.3 is 5.97 Å². The summed E-state index contributed by atoms with van der Waals surface area (Å²) in [6, 6.07) is 20.7. The van der Waals surface area contributed by atoms with Crippen molar-refractivity contribution in [2.24, 2.45) is 0 Å². The lowest BCUT2D eigenvalue weighted by molar-refractivity contribution is -0.121. The Balaban J connectivity index is 1.39. The summed E-state index contributed by atoms with van der Waals surface area (Å²) in [5.74, 6) is -1.25. The Morgan fingerprint density at radius 2 is 1.71 bits per heavy atom. The molecule has 1 fully saturated rings. The van der Waals surface area contributed by atoms with Gasteiger partial charge in [0.2, 0.25) is 11.8 Å². The maximum atomic E-state index is 13.0. The van der Waals surface area contributed by atoms with E-state index in [1.165, 1.54) is 23.9 Å². The van der Waals surface area contributed by atoms with Gasteiger partial charge in [0.1, 0.15) is 0 Å². The molecule has 0 aliphatic carbocycles. The van der Waals surface area contributed by atoms with Gasteiger partial charge in [-0.3, -0.25) is 14.4 Å². The SMILES string of the molecule is CCOC(=O)c1ccc(N2C(=O)CC(Sc3ccc(NC(=O)c4cccc(C)c4)cc3)C2=O)cc1. The van der Waals surface area contributed by atoms with Crippen molar-refractivity contribution in [3.05, 3.63) is 89.5 Å². The standard InChI is InChI=1S/C27H24N2O5S/c1-3-34-27(33)18-7-11-21(12-8-18)29-24(30)16-23(26(29)32)35-22-13-9-20(10-14-22)28-25(31)19-6-4-5-17(2)15-19/h4-15,23H,3,16H2,1-2H3,(H,28,31). The maximum Gasteiger partial charge on any atom is 0.338 e. The van der Waals surface area contributed by atoms with Crippen LogP contribution in [0, 0.1) is 6.92 Å². The number of thioether (sulfide) groups is 1. The molecule has 1 saturated heterocycles. The van der Waals surface area contributed by atoms with Crippen molar-refractivity contribution in [3.63, 3.8) is 0 Å². The summed E-state index contributed by atoms with van der Waals surface area (Å²) in [5.41, 5.74) is 3.00. The summed E-state index contributed by atoms with van der Waals surface area (Å²) in [6.45, 7) is 3.92. The van der Waals surface area contributed by atoms with Gasteiger partial charge in [-0.1, -0.05) is 17.7 Å². The molecule has 4 rings (SSSR count). The molecule has 0 spiro atoms. The molecule has 178 valence electrons. The fourth-order valence-corrected chi connectivity index (χ4v) is 4.75. The Labute approximate surface area is 207 Å².